The summed E-state index contributed by atoms with van der Waals surface area (Å²) in [5.41, 5.74) is 3.77. The minimum Gasteiger partial charge on any atom is -0.507 e. The Morgan fingerprint density at radius 2 is 1.87 bits per heavy atom. The summed E-state index contributed by atoms with van der Waals surface area (Å²) in [7, 11) is 1.59. The third-order valence-corrected chi connectivity index (χ3v) is 5.50. The van der Waals surface area contributed by atoms with Gasteiger partial charge in [0.25, 0.3) is 0 Å². The number of ketones is 1. The summed E-state index contributed by atoms with van der Waals surface area (Å²) in [5.74, 6) is 0.454. The Morgan fingerprint density at radius 3 is 2.52 bits per heavy atom. The predicted octanol–water partition coefficient (Wildman–Crippen LogP) is 6.05. The van der Waals surface area contributed by atoms with Crippen molar-refractivity contribution in [2.24, 2.45) is 0 Å². The number of phenolic OH excluding ortho intramolecular Hbond substituents is 2. The molecule has 1 aliphatic rings. The van der Waals surface area contributed by atoms with Crippen LogP contribution in [0.25, 0.3) is 0 Å². The zero-order valence-corrected chi connectivity index (χ0v) is 18.6. The molecule has 0 saturated heterocycles. The van der Waals surface area contributed by atoms with E-state index < -0.39 is 6.10 Å². The number of phenols is 2. The topological polar surface area (TPSA) is 76.0 Å². The van der Waals surface area contributed by atoms with Crippen LogP contribution in [-0.4, -0.2) is 23.1 Å². The van der Waals surface area contributed by atoms with Crippen molar-refractivity contribution >= 4 is 5.78 Å². The highest BCUT2D eigenvalue weighted by molar-refractivity contribution is 6.03. The number of aromatic hydroxyl groups is 2. The van der Waals surface area contributed by atoms with Crippen LogP contribution in [0.15, 0.2) is 53.6 Å². The molecule has 0 aliphatic carbocycles. The molecule has 164 valence electrons. The highest BCUT2D eigenvalue weighted by Crippen LogP contribution is 2.44. The molecule has 1 aliphatic heterocycles. The van der Waals surface area contributed by atoms with Crippen LogP contribution < -0.4 is 9.47 Å². The van der Waals surface area contributed by atoms with Gasteiger partial charge < -0.3 is 19.7 Å². The molecule has 0 unspecified atom stereocenters. The van der Waals surface area contributed by atoms with E-state index in [0.717, 1.165) is 29.7 Å². The monoisotopic (exact) mass is 422 g/mol. The summed E-state index contributed by atoms with van der Waals surface area (Å²) >= 11 is 0. The van der Waals surface area contributed by atoms with Crippen LogP contribution in [-0.2, 0) is 6.42 Å². The normalized spacial score (nSPS) is 15.8. The van der Waals surface area contributed by atoms with Gasteiger partial charge in [-0.3, -0.25) is 4.79 Å². The fraction of sp³-hybridized carbons (Fsp3) is 0.346. The average Bonchev–Trinajstić information content (AvgIpc) is 2.72. The lowest BCUT2D eigenvalue weighted by molar-refractivity contribution is 0.0844. The quantitative estimate of drug-likeness (QED) is 0.531. The van der Waals surface area contributed by atoms with Crippen molar-refractivity contribution < 1.29 is 24.5 Å². The standard InChI is InChI=1S/C26H30O5/c1-16(2)6-5-7-17(3)8-13-20-21(27)14-24-25(26(20)29)22(28)15-23(31-24)18-9-11-19(30-4)12-10-18/h6,8-12,14,23,27,29H,5,7,13,15H2,1-4H3/b17-8+/t23-/m0/s1. The Kier molecular flexibility index (Phi) is 7.06. The van der Waals surface area contributed by atoms with Crippen molar-refractivity contribution in [3.8, 4) is 23.0 Å². The molecule has 2 N–H and O–H groups in total. The van der Waals surface area contributed by atoms with Gasteiger partial charge in [-0.1, -0.05) is 35.4 Å². The van der Waals surface area contributed by atoms with E-state index >= 15 is 0 Å². The van der Waals surface area contributed by atoms with Crippen LogP contribution >= 0.6 is 0 Å². The number of rotatable bonds is 7. The zero-order valence-electron chi connectivity index (χ0n) is 18.6. The van der Waals surface area contributed by atoms with Gasteiger partial charge in [0.2, 0.25) is 0 Å². The first kappa shape index (κ1) is 22.5. The maximum atomic E-state index is 12.9. The Labute approximate surface area is 183 Å². The average molecular weight is 423 g/mol. The minimum atomic E-state index is -0.479. The van der Waals surface area contributed by atoms with Gasteiger partial charge in [0, 0.05) is 11.6 Å². The molecule has 1 heterocycles. The third-order valence-electron chi connectivity index (χ3n) is 5.50. The first-order chi connectivity index (χ1) is 14.8. The lowest BCUT2D eigenvalue weighted by atomic mass is 9.92. The van der Waals surface area contributed by atoms with Gasteiger partial charge in [-0.2, -0.15) is 0 Å². The fourth-order valence-electron chi connectivity index (χ4n) is 3.67. The summed E-state index contributed by atoms with van der Waals surface area (Å²) in [4.78, 5) is 12.9. The molecule has 0 amide bonds. The van der Waals surface area contributed by atoms with Crippen molar-refractivity contribution in [3.63, 3.8) is 0 Å². The number of Topliss-reactive ketones (excluding diaryl/α,β-unsaturated/α-hetero) is 1. The Bertz CT molecular complexity index is 1010. The van der Waals surface area contributed by atoms with Crippen LogP contribution in [0.3, 0.4) is 0 Å². The van der Waals surface area contributed by atoms with E-state index in [-0.39, 0.29) is 35.0 Å². The molecular weight excluding hydrogens is 392 g/mol. The molecule has 3 rings (SSSR count). The van der Waals surface area contributed by atoms with Crippen molar-refractivity contribution in [3.05, 3.63) is 70.3 Å². The molecule has 0 fully saturated rings. The number of hydrogen-bond acceptors (Lipinski definition) is 5. The van der Waals surface area contributed by atoms with E-state index in [9.17, 15) is 15.0 Å². The minimum absolute atomic E-state index is 0.0761. The number of hydrogen-bond donors (Lipinski definition) is 2. The summed E-state index contributed by atoms with van der Waals surface area (Å²) < 4.78 is 11.1. The molecule has 0 saturated carbocycles. The fourth-order valence-corrected chi connectivity index (χ4v) is 3.67. The SMILES string of the molecule is COc1ccc([C@@H]2CC(=O)c3c(cc(O)c(C/C=C(\C)CCC=C(C)C)c3O)O2)cc1. The first-order valence-corrected chi connectivity index (χ1v) is 10.5. The number of carbonyl (C=O) groups excluding carboxylic acids is 1. The Hall–Kier alpha value is -3.21. The molecule has 0 bridgehead atoms. The molecule has 5 heteroatoms. The van der Waals surface area contributed by atoms with E-state index in [1.807, 2.05) is 37.3 Å². The predicted molar refractivity (Wildman–Crippen MR) is 121 cm³/mol. The van der Waals surface area contributed by atoms with Crippen molar-refractivity contribution in [2.75, 3.05) is 7.11 Å². The summed E-state index contributed by atoms with van der Waals surface area (Å²) in [6.07, 6.45) is 6.01. The first-order valence-electron chi connectivity index (χ1n) is 10.5. The number of ether oxygens (including phenoxy) is 2. The molecule has 31 heavy (non-hydrogen) atoms. The second kappa shape index (κ2) is 9.73. The van der Waals surface area contributed by atoms with Gasteiger partial charge in [0.1, 0.15) is 34.7 Å². The number of benzene rings is 2. The lowest BCUT2D eigenvalue weighted by Crippen LogP contribution is -2.21. The van der Waals surface area contributed by atoms with Gasteiger partial charge in [-0.05, 0) is 57.7 Å². The van der Waals surface area contributed by atoms with Crippen LogP contribution in [0.1, 0.15) is 67.6 Å². The summed E-state index contributed by atoms with van der Waals surface area (Å²) in [5, 5.41) is 21.3. The van der Waals surface area contributed by atoms with Crippen molar-refractivity contribution in [1.29, 1.82) is 0 Å². The molecule has 2 aromatic rings. The van der Waals surface area contributed by atoms with Gasteiger partial charge in [-0.25, -0.2) is 0 Å². The molecule has 0 radical (unpaired) electrons. The van der Waals surface area contributed by atoms with E-state index in [2.05, 4.69) is 19.9 Å². The van der Waals surface area contributed by atoms with Gasteiger partial charge in [-0.15, -0.1) is 0 Å². The van der Waals surface area contributed by atoms with Crippen LogP contribution in [0, 0.1) is 0 Å². The molecule has 5 nitrogen and oxygen atoms in total. The summed E-state index contributed by atoms with van der Waals surface area (Å²) in [6, 6.07) is 8.74. The molecular formula is C26H30O5. The number of carbonyl (C=O) groups is 1. The van der Waals surface area contributed by atoms with Gasteiger partial charge in [0.05, 0.1) is 13.5 Å². The van der Waals surface area contributed by atoms with Crippen LogP contribution in [0.4, 0.5) is 0 Å². The van der Waals surface area contributed by atoms with Gasteiger partial charge >= 0.3 is 0 Å². The second-order valence-electron chi connectivity index (χ2n) is 8.18. The highest BCUT2D eigenvalue weighted by atomic mass is 16.5. The molecule has 1 atom stereocenters. The number of methoxy groups -OCH3 is 1. The Balaban J connectivity index is 1.81. The van der Waals surface area contributed by atoms with Crippen molar-refractivity contribution in [1.82, 2.24) is 0 Å². The van der Waals surface area contributed by atoms with Crippen LogP contribution in [0.5, 0.6) is 23.0 Å². The second-order valence-corrected chi connectivity index (χ2v) is 8.18. The lowest BCUT2D eigenvalue weighted by Gasteiger charge is -2.27. The molecule has 2 aromatic carbocycles. The molecule has 0 spiro atoms. The van der Waals surface area contributed by atoms with Crippen molar-refractivity contribution in [2.45, 2.75) is 52.6 Å². The highest BCUT2D eigenvalue weighted by Gasteiger charge is 2.32. The largest absolute Gasteiger partial charge is 0.507 e. The van der Waals surface area contributed by atoms with Crippen LogP contribution in [0.2, 0.25) is 0 Å². The number of fused-ring (bicyclic) bond motifs is 1. The summed E-state index contributed by atoms with van der Waals surface area (Å²) in [6.45, 7) is 6.17. The van der Waals surface area contributed by atoms with E-state index in [1.54, 1.807) is 7.11 Å². The van der Waals surface area contributed by atoms with E-state index in [1.165, 1.54) is 11.6 Å². The van der Waals surface area contributed by atoms with Gasteiger partial charge in [0.15, 0.2) is 5.78 Å². The third kappa shape index (κ3) is 5.29. The smallest absolute Gasteiger partial charge is 0.174 e. The number of allylic oxidation sites excluding steroid dienone is 4. The molecule has 0 aromatic heterocycles. The zero-order chi connectivity index (χ0) is 22.5. The maximum Gasteiger partial charge on any atom is 0.174 e. The maximum absolute atomic E-state index is 12.9. The Morgan fingerprint density at radius 1 is 1.16 bits per heavy atom. The van der Waals surface area contributed by atoms with E-state index in [4.69, 9.17) is 9.47 Å². The van der Waals surface area contributed by atoms with E-state index in [0.29, 0.717) is 12.0 Å².